The van der Waals surface area contributed by atoms with Crippen LogP contribution in [-0.2, 0) is 9.59 Å². The summed E-state index contributed by atoms with van der Waals surface area (Å²) in [6, 6.07) is 0. The first-order valence-electron chi connectivity index (χ1n) is 7.39. The lowest BCUT2D eigenvalue weighted by atomic mass is 9.96. The van der Waals surface area contributed by atoms with E-state index in [2.05, 4.69) is 17.6 Å². The molecule has 0 aromatic heterocycles. The molecule has 0 spiro atoms. The number of unbranched alkanes of at least 4 members (excludes halogenated alkanes) is 2. The number of rotatable bonds is 7. The standard InChI is InChI=1S/C14H27N3O2/c1-3-4-5-8-16-14(19)12-6-9-17(10-7-12)13(18)11-15-2/h12,15H,3-11H2,1-2H3,(H,16,19). The van der Waals surface area contributed by atoms with Gasteiger partial charge in [-0.05, 0) is 26.3 Å². The molecule has 1 heterocycles. The maximum absolute atomic E-state index is 11.9. The maximum atomic E-state index is 11.9. The molecule has 0 aromatic rings. The highest BCUT2D eigenvalue weighted by Gasteiger charge is 2.26. The molecule has 1 saturated heterocycles. The first-order chi connectivity index (χ1) is 9.19. The van der Waals surface area contributed by atoms with Crippen molar-refractivity contribution >= 4 is 11.8 Å². The lowest BCUT2D eigenvalue weighted by molar-refractivity contribution is -0.134. The lowest BCUT2D eigenvalue weighted by Crippen LogP contribution is -2.45. The minimum absolute atomic E-state index is 0.0836. The molecule has 0 aromatic carbocycles. The van der Waals surface area contributed by atoms with E-state index in [1.807, 2.05) is 4.90 Å². The van der Waals surface area contributed by atoms with E-state index in [0.717, 1.165) is 32.2 Å². The van der Waals surface area contributed by atoms with Crippen molar-refractivity contribution < 1.29 is 9.59 Å². The number of hydrogen-bond acceptors (Lipinski definition) is 3. The Hall–Kier alpha value is -1.10. The number of hydrogen-bond donors (Lipinski definition) is 2. The third-order valence-corrected chi connectivity index (χ3v) is 3.63. The number of carbonyl (C=O) groups excluding carboxylic acids is 2. The Bertz CT molecular complexity index is 286. The van der Waals surface area contributed by atoms with Crippen molar-refractivity contribution in [3.8, 4) is 0 Å². The Labute approximate surface area is 116 Å². The van der Waals surface area contributed by atoms with Crippen LogP contribution in [0.15, 0.2) is 0 Å². The van der Waals surface area contributed by atoms with Gasteiger partial charge in [-0.2, -0.15) is 0 Å². The predicted molar refractivity (Wildman–Crippen MR) is 75.8 cm³/mol. The number of amides is 2. The molecule has 0 saturated carbocycles. The quantitative estimate of drug-likeness (QED) is 0.671. The SMILES string of the molecule is CCCCCNC(=O)C1CCN(C(=O)CNC)CC1. The molecule has 19 heavy (non-hydrogen) atoms. The zero-order valence-corrected chi connectivity index (χ0v) is 12.2. The van der Waals surface area contributed by atoms with E-state index in [4.69, 9.17) is 0 Å². The van der Waals surface area contributed by atoms with E-state index in [0.29, 0.717) is 19.6 Å². The molecule has 0 bridgehead atoms. The van der Waals surface area contributed by atoms with Crippen molar-refractivity contribution in [2.24, 2.45) is 5.92 Å². The summed E-state index contributed by atoms with van der Waals surface area (Å²) in [4.78, 5) is 25.5. The molecule has 0 unspecified atom stereocenters. The van der Waals surface area contributed by atoms with Gasteiger partial charge in [0.1, 0.15) is 0 Å². The van der Waals surface area contributed by atoms with Crippen LogP contribution in [0, 0.1) is 5.92 Å². The summed E-state index contributed by atoms with van der Waals surface area (Å²) in [7, 11) is 1.77. The molecule has 1 aliphatic rings. The lowest BCUT2D eigenvalue weighted by Gasteiger charge is -2.31. The Morgan fingerprint density at radius 3 is 2.47 bits per heavy atom. The van der Waals surface area contributed by atoms with E-state index in [1.165, 1.54) is 6.42 Å². The van der Waals surface area contributed by atoms with Gasteiger partial charge < -0.3 is 15.5 Å². The van der Waals surface area contributed by atoms with Crippen LogP contribution in [0.3, 0.4) is 0 Å². The Morgan fingerprint density at radius 2 is 1.89 bits per heavy atom. The fraction of sp³-hybridized carbons (Fsp3) is 0.857. The van der Waals surface area contributed by atoms with Crippen LogP contribution >= 0.6 is 0 Å². The van der Waals surface area contributed by atoms with E-state index >= 15 is 0 Å². The van der Waals surface area contributed by atoms with Gasteiger partial charge in [0.2, 0.25) is 11.8 Å². The Morgan fingerprint density at radius 1 is 1.21 bits per heavy atom. The molecule has 1 aliphatic heterocycles. The van der Waals surface area contributed by atoms with Crippen LogP contribution in [0.4, 0.5) is 0 Å². The third kappa shape index (κ3) is 5.59. The largest absolute Gasteiger partial charge is 0.356 e. The van der Waals surface area contributed by atoms with E-state index in [1.54, 1.807) is 7.05 Å². The van der Waals surface area contributed by atoms with E-state index in [9.17, 15) is 9.59 Å². The molecule has 5 heteroatoms. The normalized spacial score (nSPS) is 16.4. The summed E-state index contributed by atoms with van der Waals surface area (Å²) in [5.41, 5.74) is 0. The molecule has 2 amide bonds. The number of likely N-dealkylation sites (N-methyl/N-ethyl adjacent to an activating group) is 1. The average molecular weight is 269 g/mol. The van der Waals surface area contributed by atoms with Gasteiger partial charge in [-0.15, -0.1) is 0 Å². The Balaban J connectivity index is 2.21. The van der Waals surface area contributed by atoms with Crippen molar-refractivity contribution in [2.75, 3.05) is 33.2 Å². The van der Waals surface area contributed by atoms with Crippen molar-refractivity contribution in [1.82, 2.24) is 15.5 Å². The molecule has 1 fully saturated rings. The van der Waals surface area contributed by atoms with Crippen molar-refractivity contribution in [2.45, 2.75) is 39.0 Å². The van der Waals surface area contributed by atoms with Crippen LogP contribution < -0.4 is 10.6 Å². The molecular formula is C14H27N3O2. The van der Waals surface area contributed by atoms with E-state index in [-0.39, 0.29) is 17.7 Å². The van der Waals surface area contributed by atoms with Crippen LogP contribution in [0.1, 0.15) is 39.0 Å². The number of nitrogens with one attached hydrogen (secondary N) is 2. The fourth-order valence-electron chi connectivity index (χ4n) is 2.39. The highest BCUT2D eigenvalue weighted by atomic mass is 16.2. The minimum atomic E-state index is 0.0836. The molecule has 5 nitrogen and oxygen atoms in total. The Kier molecular flexibility index (Phi) is 7.48. The first-order valence-corrected chi connectivity index (χ1v) is 7.39. The fourth-order valence-corrected chi connectivity index (χ4v) is 2.39. The van der Waals surface area contributed by atoms with Gasteiger partial charge in [0.15, 0.2) is 0 Å². The molecular weight excluding hydrogens is 242 g/mol. The van der Waals surface area contributed by atoms with Crippen molar-refractivity contribution in [3.63, 3.8) is 0 Å². The smallest absolute Gasteiger partial charge is 0.236 e. The van der Waals surface area contributed by atoms with Crippen LogP contribution in [-0.4, -0.2) is 49.9 Å². The van der Waals surface area contributed by atoms with Gasteiger partial charge in [-0.3, -0.25) is 9.59 Å². The summed E-state index contributed by atoms with van der Waals surface area (Å²) in [6.45, 7) is 4.72. The molecule has 0 aliphatic carbocycles. The topological polar surface area (TPSA) is 61.4 Å². The van der Waals surface area contributed by atoms with Gasteiger partial charge >= 0.3 is 0 Å². The maximum Gasteiger partial charge on any atom is 0.236 e. The highest BCUT2D eigenvalue weighted by Crippen LogP contribution is 2.17. The zero-order valence-electron chi connectivity index (χ0n) is 12.2. The second-order valence-electron chi connectivity index (χ2n) is 5.18. The van der Waals surface area contributed by atoms with Crippen molar-refractivity contribution in [3.05, 3.63) is 0 Å². The van der Waals surface area contributed by atoms with Crippen LogP contribution in [0.5, 0.6) is 0 Å². The van der Waals surface area contributed by atoms with Gasteiger partial charge in [0.05, 0.1) is 6.54 Å². The van der Waals surface area contributed by atoms with Crippen LogP contribution in [0.25, 0.3) is 0 Å². The van der Waals surface area contributed by atoms with Gasteiger partial charge in [0.25, 0.3) is 0 Å². The second kappa shape index (κ2) is 8.91. The first kappa shape index (κ1) is 16.0. The summed E-state index contributed by atoms with van der Waals surface area (Å²) >= 11 is 0. The summed E-state index contributed by atoms with van der Waals surface area (Å²) in [5, 5.41) is 5.87. The van der Waals surface area contributed by atoms with E-state index < -0.39 is 0 Å². The number of likely N-dealkylation sites (tertiary alicyclic amines) is 1. The summed E-state index contributed by atoms with van der Waals surface area (Å²) in [6.07, 6.45) is 4.96. The van der Waals surface area contributed by atoms with Crippen LogP contribution in [0.2, 0.25) is 0 Å². The number of carbonyl (C=O) groups is 2. The van der Waals surface area contributed by atoms with Crippen molar-refractivity contribution in [1.29, 1.82) is 0 Å². The number of nitrogens with zero attached hydrogens (tertiary/aromatic N) is 1. The van der Waals surface area contributed by atoms with Gasteiger partial charge in [-0.25, -0.2) is 0 Å². The molecule has 0 atom stereocenters. The highest BCUT2D eigenvalue weighted by molar-refractivity contribution is 5.80. The summed E-state index contributed by atoms with van der Waals surface area (Å²) < 4.78 is 0. The molecule has 0 radical (unpaired) electrons. The molecule has 2 N–H and O–H groups in total. The number of piperidine rings is 1. The predicted octanol–water partition coefficient (Wildman–Crippen LogP) is 0.751. The zero-order chi connectivity index (χ0) is 14.1. The van der Waals surface area contributed by atoms with Gasteiger partial charge in [0, 0.05) is 25.6 Å². The minimum Gasteiger partial charge on any atom is -0.356 e. The molecule has 110 valence electrons. The second-order valence-corrected chi connectivity index (χ2v) is 5.18. The summed E-state index contributed by atoms with van der Waals surface area (Å²) in [5.74, 6) is 0.376. The third-order valence-electron chi connectivity index (χ3n) is 3.63. The molecule has 1 rings (SSSR count). The van der Waals surface area contributed by atoms with Gasteiger partial charge in [-0.1, -0.05) is 19.8 Å². The monoisotopic (exact) mass is 269 g/mol. The average Bonchev–Trinajstić information content (AvgIpc) is 2.44.